The van der Waals surface area contributed by atoms with Gasteiger partial charge in [-0.05, 0) is 43.6 Å². The first-order valence-corrected chi connectivity index (χ1v) is 8.78. The average Bonchev–Trinajstić information content (AvgIpc) is 2.51. The average molecular weight is 331 g/mol. The molecule has 24 heavy (non-hydrogen) atoms. The summed E-state index contributed by atoms with van der Waals surface area (Å²) >= 11 is 0. The highest BCUT2D eigenvalue weighted by Crippen LogP contribution is 2.35. The Kier molecular flexibility index (Phi) is 5.68. The zero-order valence-electron chi connectivity index (χ0n) is 15.1. The molecule has 0 spiro atoms. The number of carboxylic acid groups (broad SMARTS) is 1. The molecule has 132 valence electrons. The van der Waals surface area contributed by atoms with Gasteiger partial charge in [0, 0.05) is 5.92 Å². The van der Waals surface area contributed by atoms with Gasteiger partial charge in [0.15, 0.2) is 0 Å². The molecule has 2 rings (SSSR count). The largest absolute Gasteiger partial charge is 0.481 e. The number of carboxylic acids is 1. The van der Waals surface area contributed by atoms with Gasteiger partial charge in [-0.2, -0.15) is 0 Å². The summed E-state index contributed by atoms with van der Waals surface area (Å²) in [6.07, 6.45) is 2.51. The maximum Gasteiger partial charge on any atom is 0.306 e. The summed E-state index contributed by atoms with van der Waals surface area (Å²) in [7, 11) is 0. The Bertz CT molecular complexity index is 595. The van der Waals surface area contributed by atoms with E-state index in [2.05, 4.69) is 51.2 Å². The van der Waals surface area contributed by atoms with Crippen LogP contribution in [-0.2, 0) is 9.59 Å². The van der Waals surface area contributed by atoms with Crippen LogP contribution >= 0.6 is 0 Å². The van der Waals surface area contributed by atoms with Crippen LogP contribution < -0.4 is 5.32 Å². The maximum atomic E-state index is 12.7. The topological polar surface area (TPSA) is 66.4 Å². The fourth-order valence-corrected chi connectivity index (χ4v) is 3.51. The predicted molar refractivity (Wildman–Crippen MR) is 94.6 cm³/mol. The van der Waals surface area contributed by atoms with E-state index in [4.69, 9.17) is 5.11 Å². The van der Waals surface area contributed by atoms with E-state index in [1.165, 1.54) is 5.56 Å². The highest BCUT2D eigenvalue weighted by Gasteiger charge is 2.33. The van der Waals surface area contributed by atoms with Crippen LogP contribution in [-0.4, -0.2) is 17.0 Å². The van der Waals surface area contributed by atoms with Crippen molar-refractivity contribution in [3.05, 3.63) is 35.4 Å². The van der Waals surface area contributed by atoms with Crippen LogP contribution in [0.25, 0.3) is 0 Å². The molecule has 1 unspecified atom stereocenters. The molecule has 0 aromatic heterocycles. The predicted octanol–water partition coefficient (Wildman–Crippen LogP) is 4.09. The van der Waals surface area contributed by atoms with Crippen molar-refractivity contribution in [3.8, 4) is 0 Å². The van der Waals surface area contributed by atoms with E-state index >= 15 is 0 Å². The third kappa shape index (κ3) is 4.59. The zero-order valence-corrected chi connectivity index (χ0v) is 15.1. The van der Waals surface area contributed by atoms with E-state index in [0.29, 0.717) is 25.7 Å². The van der Waals surface area contributed by atoms with Gasteiger partial charge in [0.1, 0.15) is 0 Å². The van der Waals surface area contributed by atoms with Crippen LogP contribution in [0.3, 0.4) is 0 Å². The molecule has 0 aliphatic heterocycles. The quantitative estimate of drug-likeness (QED) is 0.873. The number of aliphatic carboxylic acids is 1. The maximum absolute atomic E-state index is 12.7. The minimum atomic E-state index is -0.735. The number of aryl methyl sites for hydroxylation is 1. The lowest BCUT2D eigenvalue weighted by molar-refractivity contribution is -0.144. The van der Waals surface area contributed by atoms with Crippen molar-refractivity contribution in [3.63, 3.8) is 0 Å². The standard InChI is InChI=1S/C20H29NO3/c1-13-6-5-7-16(12-13)17(20(2,3)4)21-18(22)14-8-10-15(11-9-14)19(23)24/h5-7,12,14-15,17H,8-11H2,1-4H3,(H,21,22)(H,23,24). The Labute approximate surface area is 144 Å². The number of rotatable bonds is 4. The van der Waals surface area contributed by atoms with Gasteiger partial charge in [-0.25, -0.2) is 0 Å². The summed E-state index contributed by atoms with van der Waals surface area (Å²) in [5.41, 5.74) is 2.20. The molecule has 0 heterocycles. The van der Waals surface area contributed by atoms with E-state index in [1.54, 1.807) is 0 Å². The smallest absolute Gasteiger partial charge is 0.306 e. The van der Waals surface area contributed by atoms with Crippen molar-refractivity contribution < 1.29 is 14.7 Å². The second kappa shape index (κ2) is 7.37. The minimum absolute atomic E-state index is 0.0536. The molecule has 1 amide bonds. The molecule has 1 saturated carbocycles. The number of nitrogens with one attached hydrogen (secondary N) is 1. The van der Waals surface area contributed by atoms with Gasteiger partial charge in [0.2, 0.25) is 5.91 Å². The Hall–Kier alpha value is -1.84. The molecule has 1 fully saturated rings. The zero-order chi connectivity index (χ0) is 17.9. The van der Waals surface area contributed by atoms with Gasteiger partial charge in [0.05, 0.1) is 12.0 Å². The van der Waals surface area contributed by atoms with Crippen LogP contribution in [0.1, 0.15) is 63.6 Å². The second-order valence-corrected chi connectivity index (χ2v) is 8.11. The molecule has 1 atom stereocenters. The molecule has 0 saturated heterocycles. The van der Waals surface area contributed by atoms with E-state index < -0.39 is 5.97 Å². The summed E-state index contributed by atoms with van der Waals surface area (Å²) in [5.74, 6) is -1.04. The first-order valence-electron chi connectivity index (χ1n) is 8.78. The Morgan fingerprint density at radius 3 is 2.21 bits per heavy atom. The van der Waals surface area contributed by atoms with Gasteiger partial charge in [0.25, 0.3) is 0 Å². The van der Waals surface area contributed by atoms with Gasteiger partial charge in [-0.15, -0.1) is 0 Å². The van der Waals surface area contributed by atoms with Crippen molar-refractivity contribution in [1.29, 1.82) is 0 Å². The molecule has 0 bridgehead atoms. The first kappa shape index (κ1) is 18.5. The Morgan fingerprint density at radius 1 is 1.12 bits per heavy atom. The fraction of sp³-hybridized carbons (Fsp3) is 0.600. The summed E-state index contributed by atoms with van der Waals surface area (Å²) in [5, 5.41) is 12.3. The van der Waals surface area contributed by atoms with E-state index in [0.717, 1.165) is 5.56 Å². The third-order valence-corrected chi connectivity index (χ3v) is 4.98. The lowest BCUT2D eigenvalue weighted by Crippen LogP contribution is -2.41. The number of carbonyl (C=O) groups is 2. The van der Waals surface area contributed by atoms with Gasteiger partial charge in [-0.1, -0.05) is 50.6 Å². The highest BCUT2D eigenvalue weighted by molar-refractivity contribution is 5.80. The van der Waals surface area contributed by atoms with Crippen molar-refractivity contribution >= 4 is 11.9 Å². The molecule has 4 heteroatoms. The second-order valence-electron chi connectivity index (χ2n) is 8.11. The SMILES string of the molecule is Cc1cccc(C(NC(=O)C2CCC(C(=O)O)CC2)C(C)(C)C)c1. The summed E-state index contributed by atoms with van der Waals surface area (Å²) in [6, 6.07) is 8.20. The minimum Gasteiger partial charge on any atom is -0.481 e. The number of hydrogen-bond donors (Lipinski definition) is 2. The molecular formula is C20H29NO3. The number of benzene rings is 1. The molecular weight excluding hydrogens is 302 g/mol. The van der Waals surface area contributed by atoms with Gasteiger partial charge >= 0.3 is 5.97 Å². The molecule has 1 aliphatic carbocycles. The Morgan fingerprint density at radius 2 is 1.71 bits per heavy atom. The molecule has 1 aromatic rings. The van der Waals surface area contributed by atoms with Crippen LogP contribution in [0.15, 0.2) is 24.3 Å². The fourth-order valence-electron chi connectivity index (χ4n) is 3.51. The monoisotopic (exact) mass is 331 g/mol. The van der Waals surface area contributed by atoms with E-state index in [-0.39, 0.29) is 29.2 Å². The third-order valence-electron chi connectivity index (χ3n) is 4.98. The van der Waals surface area contributed by atoms with Crippen molar-refractivity contribution in [2.75, 3.05) is 0 Å². The number of carbonyl (C=O) groups excluding carboxylic acids is 1. The van der Waals surface area contributed by atoms with Crippen molar-refractivity contribution in [2.24, 2.45) is 17.3 Å². The molecule has 1 aliphatic rings. The van der Waals surface area contributed by atoms with Gasteiger partial charge in [-0.3, -0.25) is 9.59 Å². The lowest BCUT2D eigenvalue weighted by Gasteiger charge is -2.34. The van der Waals surface area contributed by atoms with Crippen molar-refractivity contribution in [2.45, 2.75) is 59.4 Å². The van der Waals surface area contributed by atoms with Crippen LogP contribution in [0, 0.1) is 24.2 Å². The van der Waals surface area contributed by atoms with Crippen molar-refractivity contribution in [1.82, 2.24) is 5.32 Å². The lowest BCUT2D eigenvalue weighted by atomic mass is 9.79. The Balaban J connectivity index is 2.08. The molecule has 2 N–H and O–H groups in total. The molecule has 4 nitrogen and oxygen atoms in total. The summed E-state index contributed by atoms with van der Waals surface area (Å²) < 4.78 is 0. The van der Waals surface area contributed by atoms with E-state index in [1.807, 2.05) is 6.07 Å². The summed E-state index contributed by atoms with van der Waals surface area (Å²) in [6.45, 7) is 8.43. The van der Waals surface area contributed by atoms with Crippen LogP contribution in [0.2, 0.25) is 0 Å². The molecule has 1 aromatic carbocycles. The van der Waals surface area contributed by atoms with Gasteiger partial charge < -0.3 is 10.4 Å². The highest BCUT2D eigenvalue weighted by atomic mass is 16.4. The summed E-state index contributed by atoms with van der Waals surface area (Å²) in [4.78, 5) is 23.8. The number of amides is 1. The normalized spacial score (nSPS) is 22.7. The first-order chi connectivity index (χ1) is 11.2. The molecule has 0 radical (unpaired) electrons. The van der Waals surface area contributed by atoms with Crippen LogP contribution in [0.4, 0.5) is 0 Å². The van der Waals surface area contributed by atoms with Crippen LogP contribution in [0.5, 0.6) is 0 Å². The van der Waals surface area contributed by atoms with E-state index in [9.17, 15) is 9.59 Å². The number of hydrogen-bond acceptors (Lipinski definition) is 2.